The number of hydrogen-bond donors (Lipinski definition) is 1. The molecule has 1 unspecified atom stereocenters. The van der Waals surface area contributed by atoms with Gasteiger partial charge in [0, 0.05) is 12.6 Å². The van der Waals surface area contributed by atoms with Gasteiger partial charge in [-0.15, -0.1) is 0 Å². The topological polar surface area (TPSA) is 42.2 Å². The number of aromatic nitrogens is 1. The van der Waals surface area contributed by atoms with Crippen molar-refractivity contribution < 1.29 is 0 Å². The first-order valence-electron chi connectivity index (χ1n) is 6.45. The molecule has 1 aromatic carbocycles. The SMILES string of the molecule is CCCC(C)N(C)Cc1ccc2nc(N)sc2c1. The monoisotopic (exact) mass is 263 g/mol. The van der Waals surface area contributed by atoms with Crippen molar-refractivity contribution >= 4 is 26.7 Å². The molecule has 0 saturated carbocycles. The number of anilines is 1. The Balaban J connectivity index is 2.11. The standard InChI is InChI=1S/C14H21N3S/c1-4-5-10(2)17(3)9-11-6-7-12-13(8-11)18-14(15)16-12/h6-8,10H,4-5,9H2,1-3H3,(H2,15,16). The van der Waals surface area contributed by atoms with E-state index >= 15 is 0 Å². The molecule has 0 aliphatic heterocycles. The summed E-state index contributed by atoms with van der Waals surface area (Å²) in [6.07, 6.45) is 2.47. The van der Waals surface area contributed by atoms with Crippen LogP contribution in [-0.4, -0.2) is 23.0 Å². The predicted octanol–water partition coefficient (Wildman–Crippen LogP) is 3.50. The van der Waals surface area contributed by atoms with E-state index in [0.29, 0.717) is 11.2 Å². The molecule has 0 aliphatic rings. The van der Waals surface area contributed by atoms with Crippen LogP contribution in [0.2, 0.25) is 0 Å². The third-order valence-corrected chi connectivity index (χ3v) is 4.21. The maximum Gasteiger partial charge on any atom is 0.181 e. The Kier molecular flexibility index (Phi) is 4.19. The molecular formula is C14H21N3S. The average molecular weight is 263 g/mol. The quantitative estimate of drug-likeness (QED) is 0.897. The molecule has 1 aromatic heterocycles. The van der Waals surface area contributed by atoms with Crippen LogP contribution in [0.3, 0.4) is 0 Å². The summed E-state index contributed by atoms with van der Waals surface area (Å²) < 4.78 is 1.18. The largest absolute Gasteiger partial charge is 0.375 e. The summed E-state index contributed by atoms with van der Waals surface area (Å²) in [5, 5.41) is 0.648. The molecule has 1 atom stereocenters. The van der Waals surface area contributed by atoms with Crippen molar-refractivity contribution in [2.24, 2.45) is 0 Å². The maximum atomic E-state index is 5.73. The second-order valence-electron chi connectivity index (χ2n) is 4.91. The lowest BCUT2D eigenvalue weighted by atomic mass is 10.1. The van der Waals surface area contributed by atoms with Gasteiger partial charge in [0.2, 0.25) is 0 Å². The highest BCUT2D eigenvalue weighted by atomic mass is 32.1. The van der Waals surface area contributed by atoms with E-state index in [9.17, 15) is 0 Å². The number of thiazole rings is 1. The summed E-state index contributed by atoms with van der Waals surface area (Å²) in [7, 11) is 2.19. The minimum absolute atomic E-state index is 0.622. The number of rotatable bonds is 5. The van der Waals surface area contributed by atoms with E-state index in [0.717, 1.165) is 12.1 Å². The lowest BCUT2D eigenvalue weighted by Crippen LogP contribution is -2.28. The van der Waals surface area contributed by atoms with Gasteiger partial charge in [0.25, 0.3) is 0 Å². The molecule has 2 N–H and O–H groups in total. The van der Waals surface area contributed by atoms with Gasteiger partial charge in [-0.25, -0.2) is 4.98 Å². The zero-order chi connectivity index (χ0) is 13.1. The van der Waals surface area contributed by atoms with Gasteiger partial charge in [-0.3, -0.25) is 4.90 Å². The first-order valence-corrected chi connectivity index (χ1v) is 7.27. The molecule has 0 radical (unpaired) electrons. The van der Waals surface area contributed by atoms with Crippen LogP contribution in [-0.2, 0) is 6.54 Å². The number of fused-ring (bicyclic) bond motifs is 1. The van der Waals surface area contributed by atoms with Crippen LogP contribution in [0.5, 0.6) is 0 Å². The molecule has 0 bridgehead atoms. The average Bonchev–Trinajstić information content (AvgIpc) is 2.68. The van der Waals surface area contributed by atoms with Crippen LogP contribution in [0.1, 0.15) is 32.3 Å². The summed E-state index contributed by atoms with van der Waals surface area (Å²) in [6, 6.07) is 7.04. The smallest absolute Gasteiger partial charge is 0.181 e. The van der Waals surface area contributed by atoms with Gasteiger partial charge in [0.05, 0.1) is 10.2 Å². The van der Waals surface area contributed by atoms with Crippen molar-refractivity contribution in [3.05, 3.63) is 23.8 Å². The Morgan fingerprint density at radius 3 is 2.94 bits per heavy atom. The van der Waals surface area contributed by atoms with Gasteiger partial charge >= 0.3 is 0 Å². The van der Waals surface area contributed by atoms with Crippen LogP contribution < -0.4 is 5.73 Å². The van der Waals surface area contributed by atoms with Gasteiger partial charge in [0.15, 0.2) is 5.13 Å². The molecule has 4 heteroatoms. The molecule has 3 nitrogen and oxygen atoms in total. The third kappa shape index (κ3) is 3.00. The fourth-order valence-corrected chi connectivity index (χ4v) is 2.97. The van der Waals surface area contributed by atoms with Crippen LogP contribution >= 0.6 is 11.3 Å². The number of nitrogens with two attached hydrogens (primary N) is 1. The Hall–Kier alpha value is -1.13. The normalized spacial score (nSPS) is 13.3. The van der Waals surface area contributed by atoms with Gasteiger partial charge in [-0.05, 0) is 38.1 Å². The molecule has 1 heterocycles. The van der Waals surface area contributed by atoms with Crippen LogP contribution in [0.25, 0.3) is 10.2 Å². The summed E-state index contributed by atoms with van der Waals surface area (Å²) in [5.41, 5.74) is 8.06. The van der Waals surface area contributed by atoms with E-state index in [1.54, 1.807) is 11.3 Å². The van der Waals surface area contributed by atoms with Crippen molar-refractivity contribution in [2.45, 2.75) is 39.3 Å². The summed E-state index contributed by atoms with van der Waals surface area (Å²) >= 11 is 1.56. The van der Waals surface area contributed by atoms with Crippen molar-refractivity contribution in [1.29, 1.82) is 0 Å². The van der Waals surface area contributed by atoms with E-state index in [1.807, 2.05) is 0 Å². The molecule has 98 valence electrons. The molecular weight excluding hydrogens is 242 g/mol. The molecule has 0 fully saturated rings. The van der Waals surface area contributed by atoms with Crippen LogP contribution in [0, 0.1) is 0 Å². The van der Waals surface area contributed by atoms with Gasteiger partial charge < -0.3 is 5.73 Å². The lowest BCUT2D eigenvalue weighted by molar-refractivity contribution is 0.237. The number of nitrogens with zero attached hydrogens (tertiary/aromatic N) is 2. The van der Waals surface area contributed by atoms with Gasteiger partial charge in [-0.1, -0.05) is 30.7 Å². The Morgan fingerprint density at radius 2 is 2.22 bits per heavy atom. The number of nitrogen functional groups attached to an aromatic ring is 1. The van der Waals surface area contributed by atoms with Gasteiger partial charge in [-0.2, -0.15) is 0 Å². The summed E-state index contributed by atoms with van der Waals surface area (Å²) in [6.45, 7) is 5.50. The fourth-order valence-electron chi connectivity index (χ4n) is 2.17. The van der Waals surface area contributed by atoms with E-state index in [-0.39, 0.29) is 0 Å². The zero-order valence-corrected chi connectivity index (χ0v) is 12.1. The van der Waals surface area contributed by atoms with Crippen molar-refractivity contribution in [1.82, 2.24) is 9.88 Å². The summed E-state index contributed by atoms with van der Waals surface area (Å²) in [4.78, 5) is 6.68. The van der Waals surface area contributed by atoms with E-state index < -0.39 is 0 Å². The molecule has 2 aromatic rings. The highest BCUT2D eigenvalue weighted by Gasteiger charge is 2.09. The molecule has 18 heavy (non-hydrogen) atoms. The fraction of sp³-hybridized carbons (Fsp3) is 0.500. The minimum atomic E-state index is 0.622. The van der Waals surface area contributed by atoms with E-state index in [2.05, 4.69) is 49.0 Å². The third-order valence-electron chi connectivity index (χ3n) is 3.36. The molecule has 0 spiro atoms. The maximum absolute atomic E-state index is 5.73. The Morgan fingerprint density at radius 1 is 1.44 bits per heavy atom. The molecule has 0 saturated heterocycles. The zero-order valence-electron chi connectivity index (χ0n) is 11.3. The second-order valence-corrected chi connectivity index (χ2v) is 5.97. The molecule has 0 amide bonds. The lowest BCUT2D eigenvalue weighted by Gasteiger charge is -2.24. The van der Waals surface area contributed by atoms with Crippen LogP contribution in [0.4, 0.5) is 5.13 Å². The first kappa shape index (κ1) is 13.3. The number of hydrogen-bond acceptors (Lipinski definition) is 4. The highest BCUT2D eigenvalue weighted by Crippen LogP contribution is 2.25. The van der Waals surface area contributed by atoms with Crippen LogP contribution in [0.15, 0.2) is 18.2 Å². The van der Waals surface area contributed by atoms with E-state index in [1.165, 1.54) is 23.1 Å². The highest BCUT2D eigenvalue weighted by molar-refractivity contribution is 7.22. The number of benzene rings is 1. The Labute approximate surface area is 113 Å². The molecule has 0 aliphatic carbocycles. The van der Waals surface area contributed by atoms with Crippen molar-refractivity contribution in [3.63, 3.8) is 0 Å². The Bertz CT molecular complexity index is 521. The predicted molar refractivity (Wildman–Crippen MR) is 79.9 cm³/mol. The molecule has 2 rings (SSSR count). The second kappa shape index (κ2) is 5.67. The summed E-state index contributed by atoms with van der Waals surface area (Å²) in [5.74, 6) is 0. The minimum Gasteiger partial charge on any atom is -0.375 e. The first-order chi connectivity index (χ1) is 8.60. The van der Waals surface area contributed by atoms with Gasteiger partial charge in [0.1, 0.15) is 0 Å². The van der Waals surface area contributed by atoms with E-state index in [4.69, 9.17) is 5.73 Å². The van der Waals surface area contributed by atoms with Crippen molar-refractivity contribution in [3.8, 4) is 0 Å². The van der Waals surface area contributed by atoms with Crippen molar-refractivity contribution in [2.75, 3.05) is 12.8 Å².